The fraction of sp³-hybridized carbons (Fsp3) is 1.00. The number of piperazine rings is 1. The largest absolute Gasteiger partial charge is 0.396 e. The van der Waals surface area contributed by atoms with E-state index in [9.17, 15) is 8.42 Å². The van der Waals surface area contributed by atoms with Crippen LogP contribution in [0.15, 0.2) is 0 Å². The van der Waals surface area contributed by atoms with Crippen molar-refractivity contribution in [1.82, 2.24) is 9.80 Å². The van der Waals surface area contributed by atoms with Gasteiger partial charge in [-0.3, -0.25) is 9.08 Å². The summed E-state index contributed by atoms with van der Waals surface area (Å²) >= 11 is 0. The molecule has 1 rings (SSSR count). The van der Waals surface area contributed by atoms with Gasteiger partial charge in [-0.05, 0) is 19.5 Å². The molecule has 4 N–H and O–H groups in total. The summed E-state index contributed by atoms with van der Waals surface area (Å²) in [6.45, 7) is 5.13. The Labute approximate surface area is 133 Å². The maximum atomic E-state index is 11.7. The molecule has 9 heteroatoms. The number of β-amino-alcohol motifs (C(OH)–C–C–N with tert-alkyl or cyclic N) is 1. The summed E-state index contributed by atoms with van der Waals surface area (Å²) in [6, 6.07) is 0. The molecule has 0 aliphatic carbocycles. The highest BCUT2D eigenvalue weighted by atomic mass is 32.2. The van der Waals surface area contributed by atoms with Crippen LogP contribution in [0.2, 0.25) is 0 Å². The Morgan fingerprint density at radius 2 is 1.68 bits per heavy atom. The lowest BCUT2D eigenvalue weighted by Crippen LogP contribution is -2.47. The zero-order chi connectivity index (χ0) is 16.4. The van der Waals surface area contributed by atoms with Crippen LogP contribution in [0.3, 0.4) is 0 Å². The summed E-state index contributed by atoms with van der Waals surface area (Å²) in [7, 11) is -3.55. The van der Waals surface area contributed by atoms with Crippen molar-refractivity contribution in [3.8, 4) is 0 Å². The van der Waals surface area contributed by atoms with Crippen molar-refractivity contribution in [2.75, 3.05) is 71.4 Å². The molecule has 1 saturated heterocycles. The van der Waals surface area contributed by atoms with Crippen LogP contribution in [0.25, 0.3) is 0 Å². The van der Waals surface area contributed by atoms with Gasteiger partial charge in [-0.2, -0.15) is 8.42 Å². The van der Waals surface area contributed by atoms with Gasteiger partial charge in [0.15, 0.2) is 0 Å². The van der Waals surface area contributed by atoms with Crippen molar-refractivity contribution in [2.45, 2.75) is 6.42 Å². The monoisotopic (exact) mass is 339 g/mol. The van der Waals surface area contributed by atoms with Crippen LogP contribution >= 0.6 is 0 Å². The molecule has 1 atom stereocenters. The Bertz CT molecular complexity index is 381. The molecule has 1 unspecified atom stereocenters. The first-order valence-electron chi connectivity index (χ1n) is 7.74. The second-order valence-electron chi connectivity index (χ2n) is 5.59. The van der Waals surface area contributed by atoms with E-state index in [-0.39, 0.29) is 38.0 Å². The van der Waals surface area contributed by atoms with Crippen LogP contribution in [0, 0.1) is 5.92 Å². The van der Waals surface area contributed by atoms with E-state index in [1.165, 1.54) is 0 Å². The molecule has 8 nitrogen and oxygen atoms in total. The number of rotatable bonds is 11. The maximum absolute atomic E-state index is 11.7. The minimum atomic E-state index is -3.55. The van der Waals surface area contributed by atoms with Gasteiger partial charge >= 0.3 is 0 Å². The van der Waals surface area contributed by atoms with E-state index < -0.39 is 10.1 Å². The number of aliphatic hydroxyl groups is 2. The van der Waals surface area contributed by atoms with Crippen LogP contribution in [-0.4, -0.2) is 99.8 Å². The number of aliphatic hydroxyl groups excluding tert-OH is 2. The third kappa shape index (κ3) is 7.82. The molecule has 0 amide bonds. The molecule has 0 aromatic carbocycles. The molecule has 0 saturated carbocycles. The lowest BCUT2D eigenvalue weighted by molar-refractivity contribution is 0.112. The smallest absolute Gasteiger partial charge is 0.267 e. The standard InChI is InChI=1S/C13H29N3O5S/c14-10-13(11-18)12-21-22(19,20)9-1-2-15-3-5-16(6-4-15)7-8-17/h13,17-18H,1-12,14H2. The molecule has 1 aliphatic rings. The van der Waals surface area contributed by atoms with Gasteiger partial charge in [0.25, 0.3) is 10.1 Å². The van der Waals surface area contributed by atoms with Crippen molar-refractivity contribution < 1.29 is 22.8 Å². The van der Waals surface area contributed by atoms with Crippen LogP contribution in [-0.2, 0) is 14.3 Å². The van der Waals surface area contributed by atoms with Gasteiger partial charge in [0.2, 0.25) is 0 Å². The van der Waals surface area contributed by atoms with E-state index in [1.54, 1.807) is 0 Å². The Hall–Kier alpha value is -0.290. The molecule has 1 fully saturated rings. The summed E-state index contributed by atoms with van der Waals surface area (Å²) in [5.74, 6) is -0.360. The third-order valence-corrected chi connectivity index (χ3v) is 5.11. The molecule has 0 aromatic rings. The topological polar surface area (TPSA) is 116 Å². The Balaban J connectivity index is 2.18. The minimum Gasteiger partial charge on any atom is -0.396 e. The second-order valence-corrected chi connectivity index (χ2v) is 7.35. The van der Waals surface area contributed by atoms with Gasteiger partial charge < -0.3 is 20.8 Å². The summed E-state index contributed by atoms with van der Waals surface area (Å²) in [5, 5.41) is 17.8. The summed E-state index contributed by atoms with van der Waals surface area (Å²) in [5.41, 5.74) is 5.38. The zero-order valence-electron chi connectivity index (χ0n) is 13.1. The Kier molecular flexibility index (Phi) is 9.41. The molecule has 0 spiro atoms. The Morgan fingerprint density at radius 3 is 2.18 bits per heavy atom. The zero-order valence-corrected chi connectivity index (χ0v) is 13.9. The van der Waals surface area contributed by atoms with Crippen molar-refractivity contribution in [1.29, 1.82) is 0 Å². The fourth-order valence-corrected chi connectivity index (χ4v) is 3.30. The van der Waals surface area contributed by atoms with Gasteiger partial charge in [0, 0.05) is 45.2 Å². The van der Waals surface area contributed by atoms with Crippen LogP contribution < -0.4 is 5.73 Å². The quantitative estimate of drug-likeness (QED) is 0.367. The van der Waals surface area contributed by atoms with Crippen LogP contribution in [0.5, 0.6) is 0 Å². The molecule has 0 radical (unpaired) electrons. The van der Waals surface area contributed by atoms with Gasteiger partial charge in [-0.1, -0.05) is 0 Å². The van der Waals surface area contributed by atoms with E-state index in [0.717, 1.165) is 32.7 Å². The van der Waals surface area contributed by atoms with Crippen molar-refractivity contribution in [3.05, 3.63) is 0 Å². The summed E-state index contributed by atoms with van der Waals surface area (Å²) in [4.78, 5) is 4.41. The third-order valence-electron chi connectivity index (χ3n) is 3.82. The lowest BCUT2D eigenvalue weighted by Gasteiger charge is -2.34. The second kappa shape index (κ2) is 10.5. The maximum Gasteiger partial charge on any atom is 0.267 e. The SMILES string of the molecule is NCC(CO)COS(=O)(=O)CCCN1CCN(CCO)CC1. The molecule has 22 heavy (non-hydrogen) atoms. The van der Waals surface area contributed by atoms with Crippen LogP contribution in [0.1, 0.15) is 6.42 Å². The molecule has 0 aromatic heterocycles. The highest BCUT2D eigenvalue weighted by Crippen LogP contribution is 2.05. The van der Waals surface area contributed by atoms with Gasteiger partial charge in [-0.15, -0.1) is 0 Å². The predicted molar refractivity (Wildman–Crippen MR) is 84.0 cm³/mol. The molecular formula is C13H29N3O5S. The first-order chi connectivity index (χ1) is 10.5. The summed E-state index contributed by atoms with van der Waals surface area (Å²) < 4.78 is 28.4. The Morgan fingerprint density at radius 1 is 1.09 bits per heavy atom. The molecule has 0 bridgehead atoms. The number of hydrogen-bond acceptors (Lipinski definition) is 8. The average molecular weight is 339 g/mol. The molecular weight excluding hydrogens is 310 g/mol. The van der Waals surface area contributed by atoms with Crippen molar-refractivity contribution in [2.24, 2.45) is 11.7 Å². The van der Waals surface area contributed by atoms with Gasteiger partial charge in [0.05, 0.1) is 19.0 Å². The predicted octanol–water partition coefficient (Wildman–Crippen LogP) is -2.10. The van der Waals surface area contributed by atoms with E-state index in [4.69, 9.17) is 20.1 Å². The minimum absolute atomic E-state index is 0.0213. The highest BCUT2D eigenvalue weighted by Gasteiger charge is 2.18. The van der Waals surface area contributed by atoms with Gasteiger partial charge in [0.1, 0.15) is 0 Å². The first kappa shape index (κ1) is 19.8. The van der Waals surface area contributed by atoms with Gasteiger partial charge in [-0.25, -0.2) is 0 Å². The summed E-state index contributed by atoms with van der Waals surface area (Å²) in [6.07, 6.45) is 0.523. The first-order valence-corrected chi connectivity index (χ1v) is 9.32. The fourth-order valence-electron chi connectivity index (χ4n) is 2.30. The van der Waals surface area contributed by atoms with Crippen molar-refractivity contribution >= 4 is 10.1 Å². The number of nitrogens with two attached hydrogens (primary N) is 1. The van der Waals surface area contributed by atoms with Crippen molar-refractivity contribution in [3.63, 3.8) is 0 Å². The van der Waals surface area contributed by atoms with E-state index in [2.05, 4.69) is 9.80 Å². The van der Waals surface area contributed by atoms with E-state index in [1.807, 2.05) is 0 Å². The van der Waals surface area contributed by atoms with E-state index in [0.29, 0.717) is 13.0 Å². The number of hydrogen-bond donors (Lipinski definition) is 3. The van der Waals surface area contributed by atoms with E-state index >= 15 is 0 Å². The highest BCUT2D eigenvalue weighted by molar-refractivity contribution is 7.86. The lowest BCUT2D eigenvalue weighted by atomic mass is 10.2. The normalized spacial score (nSPS) is 19.4. The number of nitrogens with zero attached hydrogens (tertiary/aromatic N) is 2. The average Bonchev–Trinajstić information content (AvgIpc) is 2.50. The molecule has 1 aliphatic heterocycles. The molecule has 1 heterocycles. The molecule has 132 valence electrons. The van der Waals surface area contributed by atoms with Crippen LogP contribution in [0.4, 0.5) is 0 Å².